The van der Waals surface area contributed by atoms with E-state index in [1.54, 1.807) is 18.2 Å². The van der Waals surface area contributed by atoms with Gasteiger partial charge in [-0.25, -0.2) is 0 Å². The Hall–Kier alpha value is -4.12. The van der Waals surface area contributed by atoms with Crippen LogP contribution in [-0.2, 0) is 0 Å². The van der Waals surface area contributed by atoms with Crippen LogP contribution < -0.4 is 9.64 Å². The summed E-state index contributed by atoms with van der Waals surface area (Å²) in [5.74, 6) is 1.64. The predicted octanol–water partition coefficient (Wildman–Crippen LogP) is 7.92. The number of hydrogen-bond acceptors (Lipinski definition) is 5. The van der Waals surface area contributed by atoms with Crippen LogP contribution in [0.15, 0.2) is 60.7 Å². The number of anilines is 3. The van der Waals surface area contributed by atoms with E-state index in [0.29, 0.717) is 22.9 Å². The first kappa shape index (κ1) is 24.0. The molecule has 0 aliphatic heterocycles. The molecule has 0 unspecified atom stereocenters. The lowest BCUT2D eigenvalue weighted by Gasteiger charge is -2.30. The Morgan fingerprint density at radius 3 is 1.54 bits per heavy atom. The molecule has 0 bridgehead atoms. The van der Waals surface area contributed by atoms with Crippen LogP contribution in [0.5, 0.6) is 28.7 Å². The molecule has 0 amide bonds. The highest BCUT2D eigenvalue weighted by Gasteiger charge is 2.23. The SMILES string of the molecule is Cc1cc(C)c(N(c2ccc(Oc3cc(O)c(C)cc3C)cc2)c2c(C)cc(C)cc2O)c(O)c1. The van der Waals surface area contributed by atoms with Crippen molar-refractivity contribution in [3.05, 3.63) is 94.0 Å². The fourth-order valence-corrected chi connectivity index (χ4v) is 4.55. The smallest absolute Gasteiger partial charge is 0.140 e. The summed E-state index contributed by atoms with van der Waals surface area (Å²) < 4.78 is 6.04. The van der Waals surface area contributed by atoms with Gasteiger partial charge in [0.15, 0.2) is 0 Å². The van der Waals surface area contributed by atoms with Crippen molar-refractivity contribution in [2.24, 2.45) is 0 Å². The van der Waals surface area contributed by atoms with Gasteiger partial charge >= 0.3 is 0 Å². The van der Waals surface area contributed by atoms with Crippen molar-refractivity contribution in [3.8, 4) is 28.7 Å². The Bertz CT molecular complexity index is 1300. The van der Waals surface area contributed by atoms with E-state index in [9.17, 15) is 15.3 Å². The van der Waals surface area contributed by atoms with Gasteiger partial charge in [-0.15, -0.1) is 0 Å². The quantitative estimate of drug-likeness (QED) is 0.277. The molecule has 180 valence electrons. The molecule has 3 N–H and O–H groups in total. The van der Waals surface area contributed by atoms with Crippen LogP contribution in [0.2, 0.25) is 0 Å². The lowest BCUT2D eigenvalue weighted by molar-refractivity contribution is 0.450. The minimum Gasteiger partial charge on any atom is -0.508 e. The van der Waals surface area contributed by atoms with Crippen LogP contribution in [0.25, 0.3) is 0 Å². The van der Waals surface area contributed by atoms with Crippen LogP contribution >= 0.6 is 0 Å². The third-order valence-corrected chi connectivity index (χ3v) is 6.11. The molecule has 0 radical (unpaired) electrons. The molecule has 0 atom stereocenters. The second kappa shape index (κ2) is 9.26. The van der Waals surface area contributed by atoms with E-state index in [1.807, 2.05) is 88.9 Å². The predicted molar refractivity (Wildman–Crippen MR) is 141 cm³/mol. The molecule has 0 saturated carbocycles. The van der Waals surface area contributed by atoms with E-state index in [0.717, 1.165) is 39.1 Å². The molecule has 0 aliphatic rings. The van der Waals surface area contributed by atoms with Crippen molar-refractivity contribution in [2.45, 2.75) is 41.5 Å². The molecule has 0 saturated heterocycles. The molecule has 5 heteroatoms. The minimum atomic E-state index is 0.132. The molecule has 0 fully saturated rings. The van der Waals surface area contributed by atoms with Crippen LogP contribution in [0.1, 0.15) is 33.4 Å². The summed E-state index contributed by atoms with van der Waals surface area (Å²) in [6, 6.07) is 18.4. The lowest BCUT2D eigenvalue weighted by Crippen LogP contribution is -2.13. The van der Waals surface area contributed by atoms with Crippen LogP contribution in [0.4, 0.5) is 17.1 Å². The van der Waals surface area contributed by atoms with Gasteiger partial charge in [-0.3, -0.25) is 0 Å². The maximum atomic E-state index is 11.0. The highest BCUT2D eigenvalue weighted by Crippen LogP contribution is 2.47. The van der Waals surface area contributed by atoms with Gasteiger partial charge in [0.1, 0.15) is 28.7 Å². The number of phenols is 3. The number of nitrogens with zero attached hydrogens (tertiary/aromatic N) is 1. The van der Waals surface area contributed by atoms with E-state index in [2.05, 4.69) is 0 Å². The number of aromatic hydroxyl groups is 3. The molecule has 0 aromatic heterocycles. The summed E-state index contributed by atoms with van der Waals surface area (Å²) in [6.45, 7) is 11.5. The number of hydrogen-bond donors (Lipinski definition) is 3. The topological polar surface area (TPSA) is 73.2 Å². The van der Waals surface area contributed by atoms with Gasteiger partial charge in [-0.1, -0.05) is 12.1 Å². The largest absolute Gasteiger partial charge is 0.508 e. The maximum Gasteiger partial charge on any atom is 0.140 e. The average molecular weight is 470 g/mol. The average Bonchev–Trinajstić information content (AvgIpc) is 2.76. The van der Waals surface area contributed by atoms with Crippen molar-refractivity contribution in [2.75, 3.05) is 4.90 Å². The monoisotopic (exact) mass is 469 g/mol. The number of phenolic OH excluding ortho intramolecular Hbond substituents is 3. The Morgan fingerprint density at radius 1 is 0.543 bits per heavy atom. The third kappa shape index (κ3) is 4.76. The van der Waals surface area contributed by atoms with Gasteiger partial charge < -0.3 is 25.0 Å². The molecular weight excluding hydrogens is 438 g/mol. The first-order valence-electron chi connectivity index (χ1n) is 11.5. The number of rotatable bonds is 5. The zero-order valence-corrected chi connectivity index (χ0v) is 21.0. The number of aryl methyl sites for hydroxylation is 6. The fraction of sp³-hybridized carbons (Fsp3) is 0.200. The Morgan fingerprint density at radius 2 is 1.06 bits per heavy atom. The summed E-state index contributed by atoms with van der Waals surface area (Å²) in [6.07, 6.45) is 0. The molecule has 4 aromatic rings. The first-order chi connectivity index (χ1) is 16.5. The minimum absolute atomic E-state index is 0.132. The van der Waals surface area contributed by atoms with E-state index < -0.39 is 0 Å². The van der Waals surface area contributed by atoms with E-state index in [4.69, 9.17) is 4.74 Å². The van der Waals surface area contributed by atoms with Gasteiger partial charge in [0.05, 0.1) is 11.4 Å². The highest BCUT2D eigenvalue weighted by atomic mass is 16.5. The molecule has 35 heavy (non-hydrogen) atoms. The van der Waals surface area contributed by atoms with Gasteiger partial charge in [0.2, 0.25) is 0 Å². The molecule has 4 aromatic carbocycles. The summed E-state index contributed by atoms with van der Waals surface area (Å²) in [7, 11) is 0. The highest BCUT2D eigenvalue weighted by molar-refractivity contribution is 5.86. The van der Waals surface area contributed by atoms with Crippen molar-refractivity contribution in [1.82, 2.24) is 0 Å². The second-order valence-corrected chi connectivity index (χ2v) is 9.23. The van der Waals surface area contributed by atoms with Crippen molar-refractivity contribution < 1.29 is 20.1 Å². The first-order valence-corrected chi connectivity index (χ1v) is 11.5. The molecule has 5 nitrogen and oxygen atoms in total. The summed E-state index contributed by atoms with van der Waals surface area (Å²) in [5.41, 5.74) is 7.35. The molecule has 0 heterocycles. The summed E-state index contributed by atoms with van der Waals surface area (Å²) >= 11 is 0. The van der Waals surface area contributed by atoms with Gasteiger partial charge in [-0.2, -0.15) is 0 Å². The second-order valence-electron chi connectivity index (χ2n) is 9.23. The zero-order valence-electron chi connectivity index (χ0n) is 21.0. The Balaban J connectivity index is 1.82. The number of benzene rings is 4. The van der Waals surface area contributed by atoms with Gasteiger partial charge in [-0.05, 0) is 117 Å². The summed E-state index contributed by atoms with van der Waals surface area (Å²) in [4.78, 5) is 1.88. The third-order valence-electron chi connectivity index (χ3n) is 6.11. The molecular formula is C30H31NO4. The van der Waals surface area contributed by atoms with Crippen molar-refractivity contribution >= 4 is 17.1 Å². The number of ether oxygens (including phenoxy) is 1. The van der Waals surface area contributed by atoms with Gasteiger partial charge in [0.25, 0.3) is 0 Å². The van der Waals surface area contributed by atoms with E-state index >= 15 is 0 Å². The molecule has 0 aliphatic carbocycles. The van der Waals surface area contributed by atoms with Gasteiger partial charge in [0, 0.05) is 11.8 Å². The molecule has 0 spiro atoms. The van der Waals surface area contributed by atoms with Crippen LogP contribution in [-0.4, -0.2) is 15.3 Å². The standard InChI is InChI=1S/C30H31NO4/c1-17-11-21(5)29(26(33)13-17)31(30-22(6)12-18(2)14-27(30)34)23-7-9-24(10-8-23)35-28-16-25(32)19(3)15-20(28)4/h7-16,32-34H,1-6H3. The van der Waals surface area contributed by atoms with Crippen LogP contribution in [0.3, 0.4) is 0 Å². The summed E-state index contributed by atoms with van der Waals surface area (Å²) in [5, 5.41) is 32.0. The lowest BCUT2D eigenvalue weighted by atomic mass is 10.0. The van der Waals surface area contributed by atoms with Crippen molar-refractivity contribution in [1.29, 1.82) is 0 Å². The fourth-order valence-electron chi connectivity index (χ4n) is 4.55. The Kier molecular flexibility index (Phi) is 6.35. The van der Waals surface area contributed by atoms with E-state index in [1.165, 1.54) is 0 Å². The normalized spacial score (nSPS) is 10.9. The zero-order chi connectivity index (χ0) is 25.4. The van der Waals surface area contributed by atoms with Crippen molar-refractivity contribution in [3.63, 3.8) is 0 Å². The maximum absolute atomic E-state index is 11.0. The van der Waals surface area contributed by atoms with Crippen LogP contribution in [0, 0.1) is 41.5 Å². The Labute approximate surface area is 206 Å². The molecule has 4 rings (SSSR count). The van der Waals surface area contributed by atoms with E-state index in [-0.39, 0.29) is 17.2 Å².